The van der Waals surface area contributed by atoms with Crippen molar-refractivity contribution in [3.63, 3.8) is 0 Å². The van der Waals surface area contributed by atoms with Crippen molar-refractivity contribution in [1.29, 1.82) is 0 Å². The molecule has 1 atom stereocenters. The number of benzene rings is 1. The van der Waals surface area contributed by atoms with Crippen molar-refractivity contribution in [1.82, 2.24) is 4.90 Å². The van der Waals surface area contributed by atoms with Gasteiger partial charge in [0.15, 0.2) is 0 Å². The fraction of sp³-hybridized carbons (Fsp3) is 0.357. The lowest BCUT2D eigenvalue weighted by atomic mass is 10.2. The van der Waals surface area contributed by atoms with E-state index in [2.05, 4.69) is 6.92 Å². The van der Waals surface area contributed by atoms with Crippen LogP contribution in [0, 0.1) is 0 Å². The van der Waals surface area contributed by atoms with Crippen LogP contribution in [0.1, 0.15) is 16.6 Å². The van der Waals surface area contributed by atoms with Crippen LogP contribution in [0.15, 0.2) is 18.2 Å². The van der Waals surface area contributed by atoms with Crippen molar-refractivity contribution in [2.24, 2.45) is 0 Å². The zero-order chi connectivity index (χ0) is 14.3. The summed E-state index contributed by atoms with van der Waals surface area (Å²) in [6, 6.07) is 5.55. The van der Waals surface area contributed by atoms with Crippen LogP contribution in [0.4, 0.5) is 5.69 Å². The maximum absolute atomic E-state index is 12.6. The Balaban J connectivity index is 1.97. The number of amides is 1. The van der Waals surface area contributed by atoms with E-state index < -0.39 is 0 Å². The van der Waals surface area contributed by atoms with Crippen molar-refractivity contribution in [3.05, 3.63) is 28.1 Å². The van der Waals surface area contributed by atoms with Gasteiger partial charge < -0.3 is 10.6 Å². The van der Waals surface area contributed by atoms with Crippen molar-refractivity contribution < 1.29 is 4.79 Å². The van der Waals surface area contributed by atoms with E-state index in [1.165, 1.54) is 11.3 Å². The van der Waals surface area contributed by atoms with E-state index in [1.807, 2.05) is 28.8 Å². The Labute approximate surface area is 131 Å². The van der Waals surface area contributed by atoms with E-state index >= 15 is 0 Å². The molecule has 1 aliphatic rings. The van der Waals surface area contributed by atoms with Gasteiger partial charge in [0.2, 0.25) is 0 Å². The van der Waals surface area contributed by atoms with Crippen LogP contribution >= 0.6 is 34.7 Å². The molecule has 20 heavy (non-hydrogen) atoms. The number of nitrogen functional groups attached to an aromatic ring is 1. The Kier molecular flexibility index (Phi) is 3.84. The van der Waals surface area contributed by atoms with Crippen molar-refractivity contribution in [3.8, 4) is 0 Å². The fourth-order valence-corrected chi connectivity index (χ4v) is 4.78. The van der Waals surface area contributed by atoms with E-state index in [0.717, 1.165) is 28.9 Å². The number of rotatable bonds is 1. The van der Waals surface area contributed by atoms with Crippen LogP contribution < -0.4 is 5.73 Å². The zero-order valence-electron chi connectivity index (χ0n) is 11.1. The number of carbonyl (C=O) groups is 1. The Hall–Kier alpha value is -0.910. The van der Waals surface area contributed by atoms with Crippen LogP contribution in [0.25, 0.3) is 10.1 Å². The smallest absolute Gasteiger partial charge is 0.266 e. The number of hydrogen-bond acceptors (Lipinski definition) is 4. The highest BCUT2D eigenvalue weighted by atomic mass is 35.5. The van der Waals surface area contributed by atoms with Crippen molar-refractivity contribution >= 4 is 56.4 Å². The molecule has 2 aromatic rings. The standard InChI is InChI=1S/C14H15ClN2OS2/c1-8-7-17(4-5-19-8)14(18)13-12(16)10-3-2-9(15)6-11(10)20-13/h2-3,6,8H,4-5,7,16H2,1H3. The fourth-order valence-electron chi connectivity index (χ4n) is 2.40. The number of hydrogen-bond donors (Lipinski definition) is 1. The summed E-state index contributed by atoms with van der Waals surface area (Å²) in [5.74, 6) is 1.04. The number of nitrogens with zero attached hydrogens (tertiary/aromatic N) is 1. The molecule has 1 amide bonds. The lowest BCUT2D eigenvalue weighted by Gasteiger charge is -2.30. The highest BCUT2D eigenvalue weighted by Gasteiger charge is 2.26. The van der Waals surface area contributed by atoms with E-state index in [9.17, 15) is 4.79 Å². The Bertz CT molecular complexity index is 670. The first-order valence-corrected chi connectivity index (χ1v) is 8.69. The number of anilines is 1. The molecule has 1 aromatic carbocycles. The predicted molar refractivity (Wildman–Crippen MR) is 89.1 cm³/mol. The number of nitrogens with two attached hydrogens (primary N) is 1. The summed E-state index contributed by atoms with van der Waals surface area (Å²) >= 11 is 9.34. The minimum absolute atomic E-state index is 0.0481. The number of carbonyl (C=O) groups excluding carboxylic acids is 1. The SMILES string of the molecule is CC1CN(C(=O)c2sc3cc(Cl)ccc3c2N)CCS1. The molecule has 0 saturated carbocycles. The number of thiophene rings is 1. The summed E-state index contributed by atoms with van der Waals surface area (Å²) in [4.78, 5) is 15.2. The molecule has 2 N–H and O–H groups in total. The van der Waals surface area contributed by atoms with Gasteiger partial charge in [0.05, 0.1) is 5.69 Å². The maximum Gasteiger partial charge on any atom is 0.266 e. The Morgan fingerprint density at radius 3 is 3.05 bits per heavy atom. The second-order valence-electron chi connectivity index (χ2n) is 4.92. The number of halogens is 1. The van der Waals surface area contributed by atoms with Gasteiger partial charge in [0.25, 0.3) is 5.91 Å². The predicted octanol–water partition coefficient (Wildman–Crippen LogP) is 3.71. The molecule has 1 unspecified atom stereocenters. The van der Waals surface area contributed by atoms with Gasteiger partial charge in [-0.3, -0.25) is 4.79 Å². The Morgan fingerprint density at radius 1 is 1.50 bits per heavy atom. The van der Waals surface area contributed by atoms with Crippen LogP contribution in [0.3, 0.4) is 0 Å². The highest BCUT2D eigenvalue weighted by Crippen LogP contribution is 2.36. The third kappa shape index (κ3) is 2.50. The first-order valence-electron chi connectivity index (χ1n) is 6.44. The molecule has 106 valence electrons. The molecule has 2 heterocycles. The van der Waals surface area contributed by atoms with Crippen LogP contribution in [0.2, 0.25) is 5.02 Å². The molecule has 1 aromatic heterocycles. The van der Waals surface area contributed by atoms with Gasteiger partial charge in [-0.1, -0.05) is 18.5 Å². The molecule has 1 saturated heterocycles. The van der Waals surface area contributed by atoms with Gasteiger partial charge >= 0.3 is 0 Å². The first-order chi connectivity index (χ1) is 9.56. The molecule has 3 rings (SSSR count). The molecule has 0 radical (unpaired) electrons. The van der Waals surface area contributed by atoms with Crippen LogP contribution in [-0.4, -0.2) is 34.9 Å². The number of fused-ring (bicyclic) bond motifs is 1. The summed E-state index contributed by atoms with van der Waals surface area (Å²) in [5.41, 5.74) is 6.73. The second-order valence-corrected chi connectivity index (χ2v) is 7.95. The van der Waals surface area contributed by atoms with E-state index in [-0.39, 0.29) is 5.91 Å². The van der Waals surface area contributed by atoms with Crippen molar-refractivity contribution in [2.75, 3.05) is 24.6 Å². The van der Waals surface area contributed by atoms with Crippen LogP contribution in [-0.2, 0) is 0 Å². The first kappa shape index (κ1) is 14.0. The van der Waals surface area contributed by atoms with E-state index in [1.54, 1.807) is 6.07 Å². The van der Waals surface area contributed by atoms with Gasteiger partial charge in [0, 0.05) is 39.2 Å². The molecule has 1 fully saturated rings. The molecule has 6 heteroatoms. The third-order valence-corrected chi connectivity index (χ3v) is 5.94. The number of thioether (sulfide) groups is 1. The molecular formula is C14H15ClN2OS2. The van der Waals surface area contributed by atoms with Crippen molar-refractivity contribution in [2.45, 2.75) is 12.2 Å². The monoisotopic (exact) mass is 326 g/mol. The largest absolute Gasteiger partial charge is 0.397 e. The molecule has 0 bridgehead atoms. The molecule has 1 aliphatic heterocycles. The normalized spacial score (nSPS) is 19.5. The highest BCUT2D eigenvalue weighted by molar-refractivity contribution is 7.99. The summed E-state index contributed by atoms with van der Waals surface area (Å²) < 4.78 is 0.970. The van der Waals surface area contributed by atoms with E-state index in [0.29, 0.717) is 20.8 Å². The third-order valence-electron chi connectivity index (χ3n) is 3.41. The Morgan fingerprint density at radius 2 is 2.30 bits per heavy atom. The lowest BCUT2D eigenvalue weighted by Crippen LogP contribution is -2.40. The molecule has 0 spiro atoms. The summed E-state index contributed by atoms with van der Waals surface area (Å²) in [7, 11) is 0. The minimum atomic E-state index is 0.0481. The molecule has 0 aliphatic carbocycles. The summed E-state index contributed by atoms with van der Waals surface area (Å²) in [6.45, 7) is 3.73. The second kappa shape index (κ2) is 5.47. The topological polar surface area (TPSA) is 46.3 Å². The van der Waals surface area contributed by atoms with Gasteiger partial charge in [-0.15, -0.1) is 11.3 Å². The molecular weight excluding hydrogens is 312 g/mol. The van der Waals surface area contributed by atoms with Gasteiger partial charge in [-0.05, 0) is 18.2 Å². The van der Waals surface area contributed by atoms with E-state index in [4.69, 9.17) is 17.3 Å². The van der Waals surface area contributed by atoms with Gasteiger partial charge in [-0.25, -0.2) is 0 Å². The quantitative estimate of drug-likeness (QED) is 0.869. The molecule has 3 nitrogen and oxygen atoms in total. The average molecular weight is 327 g/mol. The lowest BCUT2D eigenvalue weighted by molar-refractivity contribution is 0.0769. The zero-order valence-corrected chi connectivity index (χ0v) is 13.4. The minimum Gasteiger partial charge on any atom is -0.397 e. The summed E-state index contributed by atoms with van der Waals surface area (Å²) in [6.07, 6.45) is 0. The maximum atomic E-state index is 12.6. The average Bonchev–Trinajstić information content (AvgIpc) is 2.74. The van der Waals surface area contributed by atoms with Gasteiger partial charge in [-0.2, -0.15) is 11.8 Å². The van der Waals surface area contributed by atoms with Crippen LogP contribution in [0.5, 0.6) is 0 Å². The summed E-state index contributed by atoms with van der Waals surface area (Å²) in [5, 5.41) is 2.07. The van der Waals surface area contributed by atoms with Gasteiger partial charge in [0.1, 0.15) is 4.88 Å².